The third-order valence-corrected chi connectivity index (χ3v) is 0.816. The Kier molecular flexibility index (Phi) is 4.63. The van der Waals surface area contributed by atoms with Crippen molar-refractivity contribution in [3.8, 4) is 0 Å². The van der Waals surface area contributed by atoms with Crippen LogP contribution in [-0.2, 0) is 10.4 Å². The molecule has 1 amide bonds. The predicted molar refractivity (Wildman–Crippen MR) is 44.7 cm³/mol. The number of carbonyl (C=O) groups excluding carboxylic acids is 1. The molecule has 0 atom stereocenters. The van der Waals surface area contributed by atoms with Gasteiger partial charge in [-0.1, -0.05) is 0 Å². The van der Waals surface area contributed by atoms with Gasteiger partial charge in [-0.05, 0) is 0 Å². The first kappa shape index (κ1) is 12.4. The number of amides is 1. The molecule has 0 spiro atoms. The summed E-state index contributed by atoms with van der Waals surface area (Å²) in [6.07, 6.45) is 4.22. The highest BCUT2D eigenvalue weighted by Crippen LogP contribution is 1.84. The second-order valence-corrected chi connectivity index (χ2v) is 2.80. The first-order valence-corrected chi connectivity index (χ1v) is 4.46. The summed E-state index contributed by atoms with van der Waals surface area (Å²) < 4.78 is 31.6. The molecule has 0 aliphatic carbocycles. The minimum Gasteiger partial charge on any atom is -0.364 e. The van der Waals surface area contributed by atoms with Crippen LogP contribution in [-0.4, -0.2) is 33.4 Å². The number of carbonyl (C=O) groups is 1. The second-order valence-electron chi connectivity index (χ2n) is 1.90. The average molecular weight is 221 g/mol. The number of rotatable bonds is 1. The van der Waals surface area contributed by atoms with Gasteiger partial charge in [0.2, 0.25) is 0 Å². The Morgan fingerprint density at radius 3 is 2.07 bits per heavy atom. The lowest BCUT2D eigenvalue weighted by Crippen LogP contribution is -2.12. The van der Waals surface area contributed by atoms with Crippen LogP contribution in [0, 0.1) is 0 Å². The molecule has 1 rings (SSSR count). The van der Waals surface area contributed by atoms with E-state index in [1.807, 2.05) is 0 Å². The molecule has 0 saturated heterocycles. The molecule has 0 aliphatic heterocycles. The van der Waals surface area contributed by atoms with Crippen molar-refractivity contribution in [1.29, 1.82) is 0 Å². The molecule has 14 heavy (non-hydrogen) atoms. The molecular formula is C5H7N3O5S. The highest BCUT2D eigenvalue weighted by atomic mass is 32.3. The predicted octanol–water partition coefficient (Wildman–Crippen LogP) is -1.08. The molecule has 1 heterocycles. The molecule has 1 aromatic heterocycles. The summed E-state index contributed by atoms with van der Waals surface area (Å²) in [7, 11) is -4.67. The number of nitrogens with zero attached hydrogens (tertiary/aromatic N) is 2. The fourth-order valence-electron chi connectivity index (χ4n) is 0.426. The van der Waals surface area contributed by atoms with E-state index >= 15 is 0 Å². The van der Waals surface area contributed by atoms with Gasteiger partial charge in [0, 0.05) is 12.4 Å². The van der Waals surface area contributed by atoms with Crippen molar-refractivity contribution in [2.75, 3.05) is 0 Å². The Hall–Kier alpha value is -1.58. The van der Waals surface area contributed by atoms with Gasteiger partial charge in [-0.3, -0.25) is 18.9 Å². The molecular weight excluding hydrogens is 214 g/mol. The van der Waals surface area contributed by atoms with E-state index < -0.39 is 16.3 Å². The Morgan fingerprint density at radius 2 is 1.86 bits per heavy atom. The van der Waals surface area contributed by atoms with Gasteiger partial charge in [-0.15, -0.1) is 0 Å². The zero-order valence-corrected chi connectivity index (χ0v) is 7.55. The zero-order valence-electron chi connectivity index (χ0n) is 6.73. The van der Waals surface area contributed by atoms with Crippen LogP contribution in [0.4, 0.5) is 0 Å². The van der Waals surface area contributed by atoms with Crippen LogP contribution in [0.3, 0.4) is 0 Å². The van der Waals surface area contributed by atoms with Gasteiger partial charge in [0.15, 0.2) is 0 Å². The van der Waals surface area contributed by atoms with E-state index in [0.29, 0.717) is 0 Å². The molecule has 0 radical (unpaired) electrons. The van der Waals surface area contributed by atoms with Crippen LogP contribution in [0.1, 0.15) is 10.5 Å². The van der Waals surface area contributed by atoms with Crippen LogP contribution in [0.5, 0.6) is 0 Å². The van der Waals surface area contributed by atoms with Gasteiger partial charge in [-0.25, -0.2) is 4.98 Å². The Bertz CT molecular complexity index is 381. The van der Waals surface area contributed by atoms with E-state index in [9.17, 15) is 4.79 Å². The topological polar surface area (TPSA) is 143 Å². The normalized spacial score (nSPS) is 9.86. The van der Waals surface area contributed by atoms with Gasteiger partial charge in [0.25, 0.3) is 5.91 Å². The van der Waals surface area contributed by atoms with E-state index in [2.05, 4.69) is 9.97 Å². The van der Waals surface area contributed by atoms with Gasteiger partial charge >= 0.3 is 10.4 Å². The molecule has 0 aliphatic rings. The largest absolute Gasteiger partial charge is 0.394 e. The van der Waals surface area contributed by atoms with E-state index in [0.717, 1.165) is 0 Å². The number of primary amides is 1. The van der Waals surface area contributed by atoms with Gasteiger partial charge in [-0.2, -0.15) is 8.42 Å². The minimum absolute atomic E-state index is 0.192. The summed E-state index contributed by atoms with van der Waals surface area (Å²) in [6, 6.07) is 0. The Morgan fingerprint density at radius 1 is 1.36 bits per heavy atom. The van der Waals surface area contributed by atoms with E-state index in [4.69, 9.17) is 23.3 Å². The monoisotopic (exact) mass is 221 g/mol. The summed E-state index contributed by atoms with van der Waals surface area (Å²) in [5.74, 6) is -0.553. The summed E-state index contributed by atoms with van der Waals surface area (Å²) in [5, 5.41) is 0. The first-order chi connectivity index (χ1) is 6.30. The number of nitrogens with two attached hydrogens (primary N) is 1. The SMILES string of the molecule is NC(=O)c1cnccn1.O=S(=O)(O)O. The van der Waals surface area contributed by atoms with Crippen LogP contribution in [0.15, 0.2) is 18.6 Å². The van der Waals surface area contributed by atoms with Crippen molar-refractivity contribution >= 4 is 16.3 Å². The third kappa shape index (κ3) is 8.52. The molecule has 0 saturated carbocycles. The highest BCUT2D eigenvalue weighted by molar-refractivity contribution is 7.79. The lowest BCUT2D eigenvalue weighted by molar-refractivity contribution is 0.0995. The van der Waals surface area contributed by atoms with E-state index in [-0.39, 0.29) is 5.69 Å². The van der Waals surface area contributed by atoms with Crippen molar-refractivity contribution in [2.45, 2.75) is 0 Å². The number of hydrogen-bond donors (Lipinski definition) is 3. The maximum absolute atomic E-state index is 10.3. The molecule has 0 bridgehead atoms. The van der Waals surface area contributed by atoms with Crippen LogP contribution >= 0.6 is 0 Å². The quantitative estimate of drug-likeness (QED) is 0.511. The van der Waals surface area contributed by atoms with E-state index in [1.165, 1.54) is 18.6 Å². The molecule has 0 unspecified atom stereocenters. The van der Waals surface area contributed by atoms with Gasteiger partial charge < -0.3 is 5.73 Å². The maximum atomic E-state index is 10.3. The van der Waals surface area contributed by atoms with Crippen molar-refractivity contribution in [2.24, 2.45) is 5.73 Å². The molecule has 1 aromatic rings. The molecule has 9 heteroatoms. The number of aromatic nitrogens is 2. The highest BCUT2D eigenvalue weighted by Gasteiger charge is 1.97. The van der Waals surface area contributed by atoms with Crippen molar-refractivity contribution in [1.82, 2.24) is 9.97 Å². The molecule has 8 nitrogen and oxygen atoms in total. The van der Waals surface area contributed by atoms with Crippen molar-refractivity contribution in [3.63, 3.8) is 0 Å². The van der Waals surface area contributed by atoms with Gasteiger partial charge in [0.05, 0.1) is 6.20 Å². The van der Waals surface area contributed by atoms with E-state index in [1.54, 1.807) is 0 Å². The lowest BCUT2D eigenvalue weighted by Gasteiger charge is -1.87. The molecule has 78 valence electrons. The van der Waals surface area contributed by atoms with Crippen LogP contribution in [0.2, 0.25) is 0 Å². The molecule has 0 fully saturated rings. The van der Waals surface area contributed by atoms with Crippen molar-refractivity contribution in [3.05, 3.63) is 24.3 Å². The minimum atomic E-state index is -4.67. The van der Waals surface area contributed by atoms with Crippen LogP contribution in [0.25, 0.3) is 0 Å². The zero-order chi connectivity index (χ0) is 11.2. The lowest BCUT2D eigenvalue weighted by atomic mass is 10.4. The summed E-state index contributed by atoms with van der Waals surface area (Å²) in [4.78, 5) is 17.6. The fourth-order valence-corrected chi connectivity index (χ4v) is 0.426. The fraction of sp³-hybridized carbons (Fsp3) is 0. The van der Waals surface area contributed by atoms with Gasteiger partial charge in [0.1, 0.15) is 5.69 Å². The molecule has 0 aromatic carbocycles. The summed E-state index contributed by atoms with van der Waals surface area (Å²) in [5.41, 5.74) is 5.06. The smallest absolute Gasteiger partial charge is 0.364 e. The summed E-state index contributed by atoms with van der Waals surface area (Å²) in [6.45, 7) is 0. The van der Waals surface area contributed by atoms with Crippen LogP contribution < -0.4 is 5.73 Å². The maximum Gasteiger partial charge on any atom is 0.394 e. The van der Waals surface area contributed by atoms with Crippen molar-refractivity contribution < 1.29 is 22.3 Å². The standard InChI is InChI=1S/C5H5N3O.H2O4S/c6-5(9)4-3-7-1-2-8-4;1-5(2,3)4/h1-3H,(H2,6,9);(H2,1,2,3,4). The number of hydrogen-bond acceptors (Lipinski definition) is 5. The Balaban J connectivity index is 0.000000292. The Labute approximate surface area is 79.4 Å². The average Bonchev–Trinajstić information content (AvgIpc) is 2.03. The third-order valence-electron chi connectivity index (χ3n) is 0.816. The molecule has 4 N–H and O–H groups in total. The summed E-state index contributed by atoms with van der Waals surface area (Å²) >= 11 is 0. The first-order valence-electron chi connectivity index (χ1n) is 3.06. The second kappa shape index (κ2) is 5.21.